The Balaban J connectivity index is 1.54. The van der Waals surface area contributed by atoms with Gasteiger partial charge in [-0.15, -0.1) is 0 Å². The van der Waals surface area contributed by atoms with Gasteiger partial charge in [0.05, 0.1) is 29.4 Å². The third kappa shape index (κ3) is 5.13. The van der Waals surface area contributed by atoms with Crippen molar-refractivity contribution in [1.29, 1.82) is 0 Å². The van der Waals surface area contributed by atoms with E-state index in [0.717, 1.165) is 55.0 Å². The van der Waals surface area contributed by atoms with Crippen molar-refractivity contribution in [2.75, 3.05) is 44.3 Å². The number of morpholine rings is 1. The Labute approximate surface area is 190 Å². The van der Waals surface area contributed by atoms with Gasteiger partial charge in [0.2, 0.25) is 5.91 Å². The third-order valence-corrected chi connectivity index (χ3v) is 6.87. The highest BCUT2D eigenvalue weighted by Gasteiger charge is 2.22. The number of hydrogen-bond donors (Lipinski definition) is 0. The van der Waals surface area contributed by atoms with Gasteiger partial charge in [-0.05, 0) is 30.2 Å². The Kier molecular flexibility index (Phi) is 7.23. The van der Waals surface area contributed by atoms with Crippen LogP contribution >= 0.6 is 34.5 Å². The van der Waals surface area contributed by atoms with E-state index in [2.05, 4.69) is 9.88 Å². The summed E-state index contributed by atoms with van der Waals surface area (Å²) >= 11 is 14.1. The number of rotatable bonds is 7. The van der Waals surface area contributed by atoms with Crippen LogP contribution in [0.25, 0.3) is 10.2 Å². The van der Waals surface area contributed by atoms with Crippen molar-refractivity contribution in [2.24, 2.45) is 0 Å². The van der Waals surface area contributed by atoms with Gasteiger partial charge in [-0.2, -0.15) is 0 Å². The van der Waals surface area contributed by atoms with Crippen LogP contribution < -0.4 is 4.90 Å². The predicted octanol–water partition coefficient (Wildman–Crippen LogP) is 4.90. The lowest BCUT2D eigenvalue weighted by Crippen LogP contribution is -2.39. The van der Waals surface area contributed by atoms with Crippen LogP contribution in [0.3, 0.4) is 0 Å². The number of halogens is 2. The van der Waals surface area contributed by atoms with E-state index in [1.807, 2.05) is 42.5 Å². The number of fused-ring (bicyclic) bond motifs is 1. The van der Waals surface area contributed by atoms with Gasteiger partial charge in [0.25, 0.3) is 0 Å². The second-order valence-corrected chi connectivity index (χ2v) is 9.03. The van der Waals surface area contributed by atoms with Crippen molar-refractivity contribution in [3.05, 3.63) is 58.1 Å². The van der Waals surface area contributed by atoms with E-state index in [4.69, 9.17) is 27.9 Å². The molecule has 0 bridgehead atoms. The Morgan fingerprint density at radius 1 is 1.10 bits per heavy atom. The molecule has 0 unspecified atom stereocenters. The molecule has 0 aliphatic carbocycles. The number of carbonyl (C=O) groups excluding carboxylic acids is 1. The first-order valence-corrected chi connectivity index (χ1v) is 11.6. The molecule has 0 atom stereocenters. The number of aromatic nitrogens is 1. The lowest BCUT2D eigenvalue weighted by atomic mass is 10.1. The molecule has 0 radical (unpaired) electrons. The van der Waals surface area contributed by atoms with Crippen LogP contribution in [0.4, 0.5) is 5.13 Å². The first kappa shape index (κ1) is 21.5. The zero-order chi connectivity index (χ0) is 20.9. The van der Waals surface area contributed by atoms with Crippen LogP contribution in [0.2, 0.25) is 10.0 Å². The van der Waals surface area contributed by atoms with Crippen LogP contribution in [0, 0.1) is 0 Å². The number of thiazole rings is 1. The van der Waals surface area contributed by atoms with Gasteiger partial charge in [0, 0.05) is 31.2 Å². The second-order valence-electron chi connectivity index (χ2n) is 7.20. The standard InChI is InChI=1S/C22H23Cl2N3O2S/c23-17-6-2-1-5-16(17)15-20(28)27(10-4-9-26-11-13-29-14-12-26)22-25-21-18(24)7-3-8-19(21)30-22/h1-3,5-8H,4,9-15H2. The molecule has 1 aromatic heterocycles. The summed E-state index contributed by atoms with van der Waals surface area (Å²) in [6.07, 6.45) is 1.10. The number of amides is 1. The average Bonchev–Trinajstić information content (AvgIpc) is 3.19. The molecule has 1 saturated heterocycles. The van der Waals surface area contributed by atoms with Crippen molar-refractivity contribution < 1.29 is 9.53 Å². The smallest absolute Gasteiger partial charge is 0.233 e. The molecular weight excluding hydrogens is 441 g/mol. The van der Waals surface area contributed by atoms with Crippen molar-refractivity contribution in [3.8, 4) is 0 Å². The maximum absolute atomic E-state index is 13.3. The molecule has 1 amide bonds. The zero-order valence-corrected chi connectivity index (χ0v) is 18.8. The van der Waals surface area contributed by atoms with E-state index in [-0.39, 0.29) is 12.3 Å². The average molecular weight is 464 g/mol. The van der Waals surface area contributed by atoms with Crippen LogP contribution in [0.5, 0.6) is 0 Å². The first-order valence-electron chi connectivity index (χ1n) is 10.0. The highest BCUT2D eigenvalue weighted by molar-refractivity contribution is 7.22. The van der Waals surface area contributed by atoms with Crippen molar-refractivity contribution >= 4 is 55.8 Å². The van der Waals surface area contributed by atoms with Crippen molar-refractivity contribution in [3.63, 3.8) is 0 Å². The minimum Gasteiger partial charge on any atom is -0.379 e. The Morgan fingerprint density at radius 3 is 2.63 bits per heavy atom. The molecule has 8 heteroatoms. The highest BCUT2D eigenvalue weighted by atomic mass is 35.5. The lowest BCUT2D eigenvalue weighted by Gasteiger charge is -2.27. The lowest BCUT2D eigenvalue weighted by molar-refractivity contribution is -0.118. The van der Waals surface area contributed by atoms with Gasteiger partial charge in [-0.1, -0.05) is 58.8 Å². The van der Waals surface area contributed by atoms with E-state index >= 15 is 0 Å². The molecule has 0 saturated carbocycles. The zero-order valence-electron chi connectivity index (χ0n) is 16.5. The second kappa shape index (κ2) is 10.1. The number of benzene rings is 2. The summed E-state index contributed by atoms with van der Waals surface area (Å²) in [5.74, 6) is -0.0137. The summed E-state index contributed by atoms with van der Waals surface area (Å²) in [4.78, 5) is 22.1. The van der Waals surface area contributed by atoms with Crippen molar-refractivity contribution in [2.45, 2.75) is 12.8 Å². The number of hydrogen-bond acceptors (Lipinski definition) is 5. The topological polar surface area (TPSA) is 45.7 Å². The minimum atomic E-state index is -0.0137. The molecule has 2 heterocycles. The van der Waals surface area contributed by atoms with Crippen LogP contribution in [-0.4, -0.2) is 55.2 Å². The monoisotopic (exact) mass is 463 g/mol. The summed E-state index contributed by atoms with van der Waals surface area (Å²) in [7, 11) is 0. The fraction of sp³-hybridized carbons (Fsp3) is 0.364. The maximum Gasteiger partial charge on any atom is 0.233 e. The van der Waals surface area contributed by atoms with Crippen molar-refractivity contribution in [1.82, 2.24) is 9.88 Å². The summed E-state index contributed by atoms with van der Waals surface area (Å²) < 4.78 is 6.39. The number of carbonyl (C=O) groups is 1. The summed E-state index contributed by atoms with van der Waals surface area (Å²) in [6.45, 7) is 4.93. The van der Waals surface area contributed by atoms with E-state index in [1.54, 1.807) is 4.90 Å². The fourth-order valence-corrected chi connectivity index (χ4v) is 5.03. The highest BCUT2D eigenvalue weighted by Crippen LogP contribution is 2.33. The molecule has 5 nitrogen and oxygen atoms in total. The van der Waals surface area contributed by atoms with Gasteiger partial charge in [-0.25, -0.2) is 4.98 Å². The van der Waals surface area contributed by atoms with Gasteiger partial charge < -0.3 is 4.74 Å². The SMILES string of the molecule is O=C(Cc1ccccc1Cl)N(CCCN1CCOCC1)c1nc2c(Cl)cccc2s1. The van der Waals surface area contributed by atoms with Gasteiger partial charge in [0.15, 0.2) is 5.13 Å². The molecule has 158 valence electrons. The number of nitrogens with zero attached hydrogens (tertiary/aromatic N) is 3. The molecule has 0 spiro atoms. The van der Waals surface area contributed by atoms with E-state index in [1.165, 1.54) is 11.3 Å². The van der Waals surface area contributed by atoms with Crippen LogP contribution in [0.15, 0.2) is 42.5 Å². The summed E-state index contributed by atoms with van der Waals surface area (Å²) in [5, 5.41) is 1.88. The molecule has 30 heavy (non-hydrogen) atoms. The molecule has 1 aliphatic heterocycles. The summed E-state index contributed by atoms with van der Waals surface area (Å²) in [6, 6.07) is 13.2. The third-order valence-electron chi connectivity index (χ3n) is 5.15. The fourth-order valence-electron chi connectivity index (χ4n) is 3.52. The Morgan fingerprint density at radius 2 is 1.87 bits per heavy atom. The van der Waals surface area contributed by atoms with Crippen LogP contribution in [-0.2, 0) is 16.0 Å². The molecule has 4 rings (SSSR count). The number of para-hydroxylation sites is 1. The molecule has 3 aromatic rings. The predicted molar refractivity (Wildman–Crippen MR) is 124 cm³/mol. The molecular formula is C22H23Cl2N3O2S. The minimum absolute atomic E-state index is 0.0137. The molecule has 2 aromatic carbocycles. The molecule has 1 aliphatic rings. The summed E-state index contributed by atoms with van der Waals surface area (Å²) in [5.41, 5.74) is 1.56. The maximum atomic E-state index is 13.3. The Bertz CT molecular complexity index is 1020. The van der Waals surface area contributed by atoms with Gasteiger partial charge >= 0.3 is 0 Å². The van der Waals surface area contributed by atoms with E-state index < -0.39 is 0 Å². The molecule has 0 N–H and O–H groups in total. The largest absolute Gasteiger partial charge is 0.379 e. The molecule has 1 fully saturated rings. The van der Waals surface area contributed by atoms with Crippen LogP contribution in [0.1, 0.15) is 12.0 Å². The first-order chi connectivity index (χ1) is 14.6. The quantitative estimate of drug-likeness (QED) is 0.499. The normalized spacial score (nSPS) is 14.9. The number of ether oxygens (including phenoxy) is 1. The van der Waals surface area contributed by atoms with E-state index in [0.29, 0.717) is 21.7 Å². The Hall–Kier alpha value is -1.70. The van der Waals surface area contributed by atoms with Gasteiger partial charge in [-0.3, -0.25) is 14.6 Å². The van der Waals surface area contributed by atoms with Gasteiger partial charge in [0.1, 0.15) is 5.52 Å². The van der Waals surface area contributed by atoms with E-state index in [9.17, 15) is 4.79 Å². The number of anilines is 1.